The van der Waals surface area contributed by atoms with Gasteiger partial charge in [-0.3, -0.25) is 9.48 Å². The molecule has 2 aromatic rings. The van der Waals surface area contributed by atoms with Gasteiger partial charge in [0.25, 0.3) is 0 Å². The van der Waals surface area contributed by atoms with Crippen LogP contribution in [0.2, 0.25) is 0 Å². The van der Waals surface area contributed by atoms with Crippen LogP contribution in [0.4, 0.5) is 10.2 Å². The summed E-state index contributed by atoms with van der Waals surface area (Å²) in [5, 5.41) is 15.4. The van der Waals surface area contributed by atoms with Crippen LogP contribution in [-0.2, 0) is 18.3 Å². The van der Waals surface area contributed by atoms with E-state index in [4.69, 9.17) is 5.26 Å². The lowest BCUT2D eigenvalue weighted by molar-refractivity contribution is -0.115. The Morgan fingerprint density at radius 1 is 1.58 bits per heavy atom. The first-order chi connectivity index (χ1) is 9.08. The summed E-state index contributed by atoms with van der Waals surface area (Å²) in [6.45, 7) is 0. The Balaban J connectivity index is 2.08. The van der Waals surface area contributed by atoms with Gasteiger partial charge in [-0.05, 0) is 17.7 Å². The number of nitriles is 1. The molecular formula is C13H11FN4O. The Morgan fingerprint density at radius 3 is 3.05 bits per heavy atom. The highest BCUT2D eigenvalue weighted by Crippen LogP contribution is 2.12. The number of rotatable bonds is 3. The summed E-state index contributed by atoms with van der Waals surface area (Å²) >= 11 is 0. The van der Waals surface area contributed by atoms with Crippen molar-refractivity contribution in [1.29, 1.82) is 5.26 Å². The highest BCUT2D eigenvalue weighted by Gasteiger charge is 2.11. The summed E-state index contributed by atoms with van der Waals surface area (Å²) in [6.07, 6.45) is 1.54. The lowest BCUT2D eigenvalue weighted by atomic mass is 10.1. The van der Waals surface area contributed by atoms with Gasteiger partial charge in [-0.15, -0.1) is 0 Å². The maximum absolute atomic E-state index is 13.0. The number of aromatic nitrogens is 2. The fraction of sp³-hybridized carbons (Fsp3) is 0.154. The quantitative estimate of drug-likeness (QED) is 0.909. The molecule has 1 amide bonds. The van der Waals surface area contributed by atoms with Crippen LogP contribution < -0.4 is 5.32 Å². The van der Waals surface area contributed by atoms with Crippen molar-refractivity contribution in [2.45, 2.75) is 6.42 Å². The Morgan fingerprint density at radius 2 is 2.37 bits per heavy atom. The summed E-state index contributed by atoms with van der Waals surface area (Å²) in [5.41, 5.74) is 0.849. The van der Waals surface area contributed by atoms with Gasteiger partial charge in [-0.1, -0.05) is 12.1 Å². The van der Waals surface area contributed by atoms with Crippen LogP contribution >= 0.6 is 0 Å². The number of anilines is 1. The van der Waals surface area contributed by atoms with E-state index >= 15 is 0 Å². The third kappa shape index (κ3) is 3.16. The first-order valence-corrected chi connectivity index (χ1v) is 5.56. The number of hydrogen-bond acceptors (Lipinski definition) is 3. The molecule has 0 saturated heterocycles. The van der Waals surface area contributed by atoms with Crippen molar-refractivity contribution >= 4 is 11.7 Å². The van der Waals surface area contributed by atoms with Crippen molar-refractivity contribution in [3.8, 4) is 6.07 Å². The molecule has 2 rings (SSSR count). The van der Waals surface area contributed by atoms with E-state index in [1.165, 1.54) is 23.0 Å². The Hall–Kier alpha value is -2.68. The van der Waals surface area contributed by atoms with Gasteiger partial charge in [0, 0.05) is 13.2 Å². The SMILES string of the molecule is Cn1cc(C#N)c(NC(=O)Cc2cccc(F)c2)n1. The molecule has 1 heterocycles. The second-order valence-electron chi connectivity index (χ2n) is 4.03. The van der Waals surface area contributed by atoms with Crippen LogP contribution in [0.3, 0.4) is 0 Å². The number of hydrogen-bond donors (Lipinski definition) is 1. The van der Waals surface area contributed by atoms with Gasteiger partial charge in [-0.25, -0.2) is 4.39 Å². The molecule has 0 aliphatic carbocycles. The third-order valence-corrected chi connectivity index (χ3v) is 2.46. The van der Waals surface area contributed by atoms with Gasteiger partial charge in [0.2, 0.25) is 5.91 Å². The van der Waals surface area contributed by atoms with E-state index in [9.17, 15) is 9.18 Å². The van der Waals surface area contributed by atoms with Gasteiger partial charge in [0.15, 0.2) is 5.82 Å². The zero-order chi connectivity index (χ0) is 13.8. The molecule has 1 N–H and O–H groups in total. The lowest BCUT2D eigenvalue weighted by Crippen LogP contribution is -2.15. The summed E-state index contributed by atoms with van der Waals surface area (Å²) in [7, 11) is 1.66. The molecule has 0 fully saturated rings. The average Bonchev–Trinajstić information content (AvgIpc) is 2.69. The van der Waals surface area contributed by atoms with Gasteiger partial charge < -0.3 is 5.32 Å². The van der Waals surface area contributed by atoms with Gasteiger partial charge >= 0.3 is 0 Å². The van der Waals surface area contributed by atoms with E-state index in [1.807, 2.05) is 6.07 Å². The van der Waals surface area contributed by atoms with Crippen LogP contribution in [-0.4, -0.2) is 15.7 Å². The number of halogens is 1. The molecule has 1 aromatic heterocycles. The first kappa shape index (κ1) is 12.8. The van der Waals surface area contributed by atoms with Crippen LogP contribution in [0.15, 0.2) is 30.5 Å². The molecule has 1 aromatic carbocycles. The molecule has 5 nitrogen and oxygen atoms in total. The summed E-state index contributed by atoms with van der Waals surface area (Å²) in [4.78, 5) is 11.8. The smallest absolute Gasteiger partial charge is 0.230 e. The second kappa shape index (κ2) is 5.31. The van der Waals surface area contributed by atoms with E-state index in [-0.39, 0.29) is 29.5 Å². The van der Waals surface area contributed by atoms with E-state index < -0.39 is 0 Å². The molecule has 0 spiro atoms. The largest absolute Gasteiger partial charge is 0.308 e. The summed E-state index contributed by atoms with van der Waals surface area (Å²) < 4.78 is 14.4. The molecule has 96 valence electrons. The molecule has 0 saturated carbocycles. The van der Waals surface area contributed by atoms with Crippen LogP contribution in [0.25, 0.3) is 0 Å². The Bertz CT molecular complexity index is 657. The second-order valence-corrected chi connectivity index (χ2v) is 4.03. The van der Waals surface area contributed by atoms with Crippen molar-refractivity contribution in [2.24, 2.45) is 7.05 Å². The van der Waals surface area contributed by atoms with Crippen LogP contribution in [0, 0.1) is 17.1 Å². The minimum atomic E-state index is -0.388. The maximum Gasteiger partial charge on any atom is 0.230 e. The maximum atomic E-state index is 13.0. The Kier molecular flexibility index (Phi) is 3.57. The molecule has 0 unspecified atom stereocenters. The number of amides is 1. The van der Waals surface area contributed by atoms with Gasteiger partial charge in [-0.2, -0.15) is 10.4 Å². The minimum absolute atomic E-state index is 0.0270. The Labute approximate surface area is 109 Å². The highest BCUT2D eigenvalue weighted by molar-refractivity contribution is 5.92. The predicted octanol–water partition coefficient (Wildman–Crippen LogP) is 1.61. The lowest BCUT2D eigenvalue weighted by Gasteiger charge is -2.03. The number of aryl methyl sites for hydroxylation is 1. The fourth-order valence-electron chi connectivity index (χ4n) is 1.67. The zero-order valence-electron chi connectivity index (χ0n) is 10.2. The molecule has 0 bridgehead atoms. The van der Waals surface area contributed by atoms with Gasteiger partial charge in [0.1, 0.15) is 17.4 Å². The van der Waals surface area contributed by atoms with E-state index in [2.05, 4.69) is 10.4 Å². The third-order valence-electron chi connectivity index (χ3n) is 2.46. The molecule has 0 radical (unpaired) electrons. The highest BCUT2D eigenvalue weighted by atomic mass is 19.1. The number of carbonyl (C=O) groups excluding carboxylic acids is 1. The monoisotopic (exact) mass is 258 g/mol. The molecule has 6 heteroatoms. The van der Waals surface area contributed by atoms with Crippen LogP contribution in [0.5, 0.6) is 0 Å². The van der Waals surface area contributed by atoms with Crippen LogP contribution in [0.1, 0.15) is 11.1 Å². The number of nitrogens with one attached hydrogen (secondary N) is 1. The summed E-state index contributed by atoms with van der Waals surface area (Å²) in [6, 6.07) is 7.75. The number of carbonyl (C=O) groups is 1. The topological polar surface area (TPSA) is 70.7 Å². The van der Waals surface area contributed by atoms with Crippen molar-refractivity contribution in [2.75, 3.05) is 5.32 Å². The molecular weight excluding hydrogens is 247 g/mol. The standard InChI is InChI=1S/C13H11FN4O/c1-18-8-10(7-15)13(17-18)16-12(19)6-9-3-2-4-11(14)5-9/h2-5,8H,6H2,1H3,(H,16,17,19). The van der Waals surface area contributed by atoms with E-state index in [0.717, 1.165) is 0 Å². The van der Waals surface area contributed by atoms with E-state index in [1.54, 1.807) is 19.2 Å². The van der Waals surface area contributed by atoms with Crippen molar-refractivity contribution in [3.05, 3.63) is 47.4 Å². The van der Waals surface area contributed by atoms with Crippen molar-refractivity contribution < 1.29 is 9.18 Å². The number of nitrogens with zero attached hydrogens (tertiary/aromatic N) is 3. The van der Waals surface area contributed by atoms with E-state index in [0.29, 0.717) is 5.56 Å². The normalized spacial score (nSPS) is 9.95. The average molecular weight is 258 g/mol. The minimum Gasteiger partial charge on any atom is -0.308 e. The number of benzene rings is 1. The van der Waals surface area contributed by atoms with Crippen molar-refractivity contribution in [3.63, 3.8) is 0 Å². The summed E-state index contributed by atoms with van der Waals surface area (Å²) in [5.74, 6) is -0.520. The molecule has 19 heavy (non-hydrogen) atoms. The van der Waals surface area contributed by atoms with Crippen molar-refractivity contribution in [1.82, 2.24) is 9.78 Å². The molecule has 0 atom stereocenters. The molecule has 0 aliphatic heterocycles. The van der Waals surface area contributed by atoms with Gasteiger partial charge in [0.05, 0.1) is 6.42 Å². The predicted molar refractivity (Wildman–Crippen MR) is 66.7 cm³/mol. The fourth-order valence-corrected chi connectivity index (χ4v) is 1.67. The molecule has 0 aliphatic rings. The zero-order valence-corrected chi connectivity index (χ0v) is 10.2. The first-order valence-electron chi connectivity index (χ1n) is 5.56.